The van der Waals surface area contributed by atoms with Gasteiger partial charge in [0.15, 0.2) is 0 Å². The molecule has 194 valence electrons. The van der Waals surface area contributed by atoms with Crippen LogP contribution in [-0.4, -0.2) is 16.1 Å². The number of ether oxygens (including phenoxy) is 2. The summed E-state index contributed by atoms with van der Waals surface area (Å²) in [5.41, 5.74) is -1.86. The molecule has 0 N–H and O–H groups in total. The summed E-state index contributed by atoms with van der Waals surface area (Å²) in [6.07, 6.45) is -8.82. The third-order valence-electron chi connectivity index (χ3n) is 5.99. The molecule has 1 aliphatic rings. The highest BCUT2D eigenvalue weighted by Gasteiger charge is 2.38. The van der Waals surface area contributed by atoms with Gasteiger partial charge in [-0.05, 0) is 63.6 Å². The number of hydrogen-bond acceptors (Lipinski definition) is 3. The van der Waals surface area contributed by atoms with Crippen molar-refractivity contribution in [1.82, 2.24) is 4.57 Å². The monoisotopic (exact) mass is 513 g/mol. The van der Waals surface area contributed by atoms with Crippen molar-refractivity contribution in [1.29, 1.82) is 0 Å². The minimum absolute atomic E-state index is 0.0156. The lowest BCUT2D eigenvalue weighted by Gasteiger charge is -2.20. The Morgan fingerprint density at radius 1 is 0.972 bits per heavy atom. The highest BCUT2D eigenvalue weighted by atomic mass is 19.4. The molecule has 0 saturated carbocycles. The number of esters is 1. The summed E-state index contributed by atoms with van der Waals surface area (Å²) in [6.45, 7) is 5.58. The Hall–Kier alpha value is -3.17. The Kier molecular flexibility index (Phi) is 6.51. The zero-order valence-electron chi connectivity index (χ0n) is 19.9. The second kappa shape index (κ2) is 9.05. The second-order valence-electron chi connectivity index (χ2n) is 9.87. The number of halogens is 6. The van der Waals surface area contributed by atoms with Crippen LogP contribution in [0.25, 0.3) is 10.9 Å². The average Bonchev–Trinajstić information content (AvgIpc) is 3.28. The number of rotatable bonds is 5. The van der Waals surface area contributed by atoms with Crippen molar-refractivity contribution < 1.29 is 40.6 Å². The molecule has 0 saturated heterocycles. The lowest BCUT2D eigenvalue weighted by Crippen LogP contribution is -2.24. The first-order chi connectivity index (χ1) is 16.6. The van der Waals surface area contributed by atoms with Crippen LogP contribution in [-0.2, 0) is 35.0 Å². The second-order valence-corrected chi connectivity index (χ2v) is 9.87. The molecule has 2 heterocycles. The standard InChI is InChI=1S/C26H25F6NO3/c1-24(2,3)36-23(34)12-15-8-9-33-21-7-6-19(10-17(21)11-22(15)33)35-14-16-4-5-18(25(27,28)29)13-20(16)26(30,31)32/h4-7,10-11,13,15H,8-9,12,14H2,1-3H3. The molecule has 4 rings (SSSR count). The molecular weight excluding hydrogens is 488 g/mol. The van der Waals surface area contributed by atoms with Gasteiger partial charge in [-0.1, -0.05) is 6.07 Å². The van der Waals surface area contributed by atoms with Crippen molar-refractivity contribution in [2.24, 2.45) is 0 Å². The van der Waals surface area contributed by atoms with Gasteiger partial charge in [0, 0.05) is 34.6 Å². The van der Waals surface area contributed by atoms with E-state index in [1.807, 2.05) is 6.07 Å². The van der Waals surface area contributed by atoms with Gasteiger partial charge < -0.3 is 14.0 Å². The van der Waals surface area contributed by atoms with Crippen molar-refractivity contribution >= 4 is 16.9 Å². The van der Waals surface area contributed by atoms with Crippen LogP contribution >= 0.6 is 0 Å². The molecule has 0 bridgehead atoms. The van der Waals surface area contributed by atoms with Gasteiger partial charge in [0.25, 0.3) is 0 Å². The van der Waals surface area contributed by atoms with E-state index >= 15 is 0 Å². The SMILES string of the molecule is CC(C)(C)OC(=O)CC1CCn2c1cc1cc(OCc3ccc(C(F)(F)F)cc3C(F)(F)F)ccc12. The number of carbonyl (C=O) groups excluding carboxylic acids is 1. The van der Waals surface area contributed by atoms with Crippen LogP contribution in [0.1, 0.15) is 61.9 Å². The minimum atomic E-state index is -4.96. The molecule has 36 heavy (non-hydrogen) atoms. The summed E-state index contributed by atoms with van der Waals surface area (Å²) in [4.78, 5) is 12.3. The Labute approximate surface area is 203 Å². The number of benzene rings is 2. The number of hydrogen-bond donors (Lipinski definition) is 0. The molecule has 1 aromatic heterocycles. The molecule has 1 unspecified atom stereocenters. The van der Waals surface area contributed by atoms with Crippen LogP contribution < -0.4 is 4.74 Å². The Balaban J connectivity index is 1.53. The molecular formula is C26H25F6NO3. The molecule has 0 fully saturated rings. The molecule has 1 aliphatic heterocycles. The van der Waals surface area contributed by atoms with Crippen LogP contribution in [0, 0.1) is 0 Å². The highest BCUT2D eigenvalue weighted by Crippen LogP contribution is 2.39. The third-order valence-corrected chi connectivity index (χ3v) is 5.99. The quantitative estimate of drug-likeness (QED) is 0.262. The third kappa shape index (κ3) is 5.63. The molecule has 0 amide bonds. The van der Waals surface area contributed by atoms with Crippen molar-refractivity contribution in [3.63, 3.8) is 0 Å². The van der Waals surface area contributed by atoms with E-state index in [9.17, 15) is 31.1 Å². The van der Waals surface area contributed by atoms with Crippen LogP contribution in [0.2, 0.25) is 0 Å². The van der Waals surface area contributed by atoms with Gasteiger partial charge in [0.05, 0.1) is 17.5 Å². The molecule has 0 radical (unpaired) electrons. The number of aryl methyl sites for hydroxylation is 1. The lowest BCUT2D eigenvalue weighted by molar-refractivity contribution is -0.155. The largest absolute Gasteiger partial charge is 0.489 e. The molecule has 4 nitrogen and oxygen atoms in total. The van der Waals surface area contributed by atoms with Crippen LogP contribution in [0.15, 0.2) is 42.5 Å². The number of aromatic nitrogens is 1. The summed E-state index contributed by atoms with van der Waals surface area (Å²) in [5.74, 6) is -0.0196. The van der Waals surface area contributed by atoms with Crippen molar-refractivity contribution in [3.8, 4) is 5.75 Å². The van der Waals surface area contributed by atoms with E-state index in [1.165, 1.54) is 0 Å². The first-order valence-electron chi connectivity index (χ1n) is 11.4. The Morgan fingerprint density at radius 3 is 2.33 bits per heavy atom. The van der Waals surface area contributed by atoms with Gasteiger partial charge in [-0.15, -0.1) is 0 Å². The van der Waals surface area contributed by atoms with E-state index in [0.29, 0.717) is 12.6 Å². The van der Waals surface area contributed by atoms with E-state index < -0.39 is 41.3 Å². The molecule has 1 atom stereocenters. The van der Waals surface area contributed by atoms with Crippen LogP contribution in [0.4, 0.5) is 26.3 Å². The van der Waals surface area contributed by atoms with Gasteiger partial charge in [-0.25, -0.2) is 0 Å². The van der Waals surface area contributed by atoms with Crippen LogP contribution in [0.5, 0.6) is 5.75 Å². The number of nitrogens with zero attached hydrogens (tertiary/aromatic N) is 1. The maximum atomic E-state index is 13.4. The number of fused-ring (bicyclic) bond motifs is 3. The van der Waals surface area contributed by atoms with Gasteiger partial charge >= 0.3 is 18.3 Å². The predicted molar refractivity (Wildman–Crippen MR) is 121 cm³/mol. The maximum Gasteiger partial charge on any atom is 0.416 e. The van der Waals surface area contributed by atoms with Crippen molar-refractivity contribution in [2.45, 2.75) is 70.6 Å². The maximum absolute atomic E-state index is 13.4. The van der Waals surface area contributed by atoms with Gasteiger partial charge in [0.1, 0.15) is 18.0 Å². The average molecular weight is 513 g/mol. The first kappa shape index (κ1) is 25.9. The van der Waals surface area contributed by atoms with Gasteiger partial charge in [0.2, 0.25) is 0 Å². The summed E-state index contributed by atoms with van der Waals surface area (Å²) in [5, 5.41) is 0.792. The van der Waals surface area contributed by atoms with Gasteiger partial charge in [-0.2, -0.15) is 26.3 Å². The summed E-state index contributed by atoms with van der Waals surface area (Å²) in [6, 6.07) is 8.48. The summed E-state index contributed by atoms with van der Waals surface area (Å²) < 4.78 is 92.0. The van der Waals surface area contributed by atoms with E-state index in [0.717, 1.165) is 29.1 Å². The zero-order chi connectivity index (χ0) is 26.5. The molecule has 3 aromatic rings. The Morgan fingerprint density at radius 2 is 1.69 bits per heavy atom. The fourth-order valence-corrected chi connectivity index (χ4v) is 4.48. The zero-order valence-corrected chi connectivity index (χ0v) is 19.9. The van der Waals surface area contributed by atoms with E-state index in [1.54, 1.807) is 39.0 Å². The molecule has 2 aromatic carbocycles. The number of carbonyl (C=O) groups is 1. The number of alkyl halides is 6. The van der Waals surface area contributed by atoms with E-state index in [4.69, 9.17) is 9.47 Å². The van der Waals surface area contributed by atoms with E-state index in [-0.39, 0.29) is 30.1 Å². The van der Waals surface area contributed by atoms with Crippen molar-refractivity contribution in [2.75, 3.05) is 0 Å². The fourth-order valence-electron chi connectivity index (χ4n) is 4.48. The predicted octanol–water partition coefficient (Wildman–Crippen LogP) is 7.48. The molecule has 0 aliphatic carbocycles. The fraction of sp³-hybridized carbons (Fsp3) is 0.423. The topological polar surface area (TPSA) is 40.5 Å². The summed E-state index contributed by atoms with van der Waals surface area (Å²) >= 11 is 0. The first-order valence-corrected chi connectivity index (χ1v) is 11.4. The highest BCUT2D eigenvalue weighted by molar-refractivity contribution is 5.84. The van der Waals surface area contributed by atoms with Crippen LogP contribution in [0.3, 0.4) is 0 Å². The molecule has 10 heteroatoms. The lowest BCUT2D eigenvalue weighted by atomic mass is 10.00. The van der Waals surface area contributed by atoms with Crippen molar-refractivity contribution in [3.05, 3.63) is 64.8 Å². The summed E-state index contributed by atoms with van der Waals surface area (Å²) in [7, 11) is 0. The van der Waals surface area contributed by atoms with E-state index in [2.05, 4.69) is 4.57 Å². The Bertz CT molecular complexity index is 1280. The van der Waals surface area contributed by atoms with Gasteiger partial charge in [-0.3, -0.25) is 4.79 Å². The molecule has 0 spiro atoms. The normalized spacial score (nSPS) is 16.3. The minimum Gasteiger partial charge on any atom is -0.489 e. The smallest absolute Gasteiger partial charge is 0.416 e.